The number of ether oxygens (including phenoxy) is 2. The number of rotatable bonds is 16. The number of primary amides is 1. The zero-order chi connectivity index (χ0) is 25.6. The van der Waals surface area contributed by atoms with Crippen molar-refractivity contribution >= 4 is 17.8 Å². The van der Waals surface area contributed by atoms with Crippen LogP contribution in [0.25, 0.3) is 0 Å². The molecule has 1 aromatic carbocycles. The molecule has 8 nitrogen and oxygen atoms in total. The molecule has 3 atom stereocenters. The van der Waals surface area contributed by atoms with E-state index in [2.05, 4.69) is 6.92 Å². The van der Waals surface area contributed by atoms with Gasteiger partial charge in [-0.2, -0.15) is 0 Å². The van der Waals surface area contributed by atoms with E-state index in [0.717, 1.165) is 57.8 Å². The number of esters is 1. The van der Waals surface area contributed by atoms with Crippen molar-refractivity contribution in [3.63, 3.8) is 0 Å². The summed E-state index contributed by atoms with van der Waals surface area (Å²) in [4.78, 5) is 38.7. The average Bonchev–Trinajstić information content (AvgIpc) is 3.33. The maximum absolute atomic E-state index is 13.1. The van der Waals surface area contributed by atoms with E-state index < -0.39 is 29.9 Å². The van der Waals surface area contributed by atoms with E-state index in [-0.39, 0.29) is 17.4 Å². The molecule has 1 aliphatic heterocycles. The number of nitrogens with zero attached hydrogens (tertiary/aromatic N) is 1. The molecule has 1 heterocycles. The van der Waals surface area contributed by atoms with E-state index >= 15 is 0 Å². The van der Waals surface area contributed by atoms with Crippen LogP contribution in [0.4, 0.5) is 0 Å². The van der Waals surface area contributed by atoms with Gasteiger partial charge in [-0.15, -0.1) is 0 Å². The summed E-state index contributed by atoms with van der Waals surface area (Å²) in [5, 5.41) is 10.1. The number of hydrogen-bond acceptors (Lipinski definition) is 6. The molecular formula is C27H40N2O6. The SMILES string of the molecule is CCCCCC[C@H](CCCCC[C@@H](OC)C(N)=O)OC(=O)[C@@H]1CC=CN1C(=O)c1ccccc1O. The van der Waals surface area contributed by atoms with Crippen molar-refractivity contribution in [3.05, 3.63) is 42.1 Å². The van der Waals surface area contributed by atoms with Gasteiger partial charge in [0.1, 0.15) is 24.0 Å². The number of methoxy groups -OCH3 is 1. The van der Waals surface area contributed by atoms with Crippen molar-refractivity contribution in [2.45, 2.75) is 95.8 Å². The van der Waals surface area contributed by atoms with E-state index in [0.29, 0.717) is 12.8 Å². The second kappa shape index (κ2) is 15.2. The van der Waals surface area contributed by atoms with E-state index in [1.54, 1.807) is 24.4 Å². The van der Waals surface area contributed by atoms with Crippen LogP contribution in [0.3, 0.4) is 0 Å². The van der Waals surface area contributed by atoms with Crippen LogP contribution < -0.4 is 5.73 Å². The minimum Gasteiger partial charge on any atom is -0.507 e. The quantitative estimate of drug-likeness (QED) is 0.262. The Morgan fingerprint density at radius 1 is 1.06 bits per heavy atom. The summed E-state index contributed by atoms with van der Waals surface area (Å²) in [6, 6.07) is 5.56. The molecule has 0 bridgehead atoms. The zero-order valence-electron chi connectivity index (χ0n) is 21.0. The highest BCUT2D eigenvalue weighted by Crippen LogP contribution is 2.25. The van der Waals surface area contributed by atoms with E-state index in [4.69, 9.17) is 15.2 Å². The van der Waals surface area contributed by atoms with Crippen molar-refractivity contribution in [1.29, 1.82) is 0 Å². The number of hydrogen-bond donors (Lipinski definition) is 2. The molecule has 0 saturated heterocycles. The topological polar surface area (TPSA) is 119 Å². The van der Waals surface area contributed by atoms with Crippen molar-refractivity contribution in [3.8, 4) is 5.75 Å². The number of benzene rings is 1. The van der Waals surface area contributed by atoms with Crippen molar-refractivity contribution in [2.24, 2.45) is 5.73 Å². The smallest absolute Gasteiger partial charge is 0.329 e. The van der Waals surface area contributed by atoms with Gasteiger partial charge in [0.25, 0.3) is 5.91 Å². The number of phenolic OH excluding ortho intramolecular Hbond substituents is 1. The molecule has 0 spiro atoms. The molecule has 0 aromatic heterocycles. The Morgan fingerprint density at radius 2 is 1.71 bits per heavy atom. The first-order valence-electron chi connectivity index (χ1n) is 12.7. The molecule has 3 N–H and O–H groups in total. The Kier molecular flexibility index (Phi) is 12.3. The number of aromatic hydroxyl groups is 1. The third-order valence-corrected chi connectivity index (χ3v) is 6.36. The summed E-state index contributed by atoms with van der Waals surface area (Å²) in [7, 11) is 1.48. The Morgan fingerprint density at radius 3 is 2.34 bits per heavy atom. The minimum atomic E-state index is -0.738. The third-order valence-electron chi connectivity index (χ3n) is 6.36. The fraction of sp³-hybridized carbons (Fsp3) is 0.593. The zero-order valence-corrected chi connectivity index (χ0v) is 21.0. The highest BCUT2D eigenvalue weighted by molar-refractivity contribution is 6.00. The predicted molar refractivity (Wildman–Crippen MR) is 134 cm³/mol. The first-order chi connectivity index (χ1) is 16.9. The Labute approximate surface area is 208 Å². The summed E-state index contributed by atoms with van der Waals surface area (Å²) < 4.78 is 11.0. The second-order valence-corrected chi connectivity index (χ2v) is 9.04. The molecule has 0 aliphatic carbocycles. The largest absolute Gasteiger partial charge is 0.507 e. The number of para-hydroxylation sites is 1. The molecule has 1 aliphatic rings. The van der Waals surface area contributed by atoms with Gasteiger partial charge in [0.2, 0.25) is 5.91 Å². The molecule has 0 unspecified atom stereocenters. The van der Waals surface area contributed by atoms with Crippen LogP contribution in [0, 0.1) is 0 Å². The lowest BCUT2D eigenvalue weighted by Crippen LogP contribution is -2.41. The summed E-state index contributed by atoms with van der Waals surface area (Å²) in [6.45, 7) is 2.15. The van der Waals surface area contributed by atoms with Gasteiger partial charge in [0, 0.05) is 13.3 Å². The molecule has 194 valence electrons. The van der Waals surface area contributed by atoms with Gasteiger partial charge in [-0.3, -0.25) is 9.59 Å². The Balaban J connectivity index is 1.93. The fourth-order valence-electron chi connectivity index (χ4n) is 4.29. The number of carbonyl (C=O) groups is 3. The standard InChI is InChI=1S/C27H40N2O6/c1-3-4-5-7-13-20(14-8-6-9-18-24(34-2)25(28)31)35-27(33)22-16-12-19-29(22)26(32)21-15-10-11-17-23(21)30/h10-12,15,17,19-20,22,24,30H,3-9,13-14,16,18H2,1-2H3,(H2,28,31)/t20-,22+,24-/m1/s1. The van der Waals surface area contributed by atoms with Crippen LogP contribution in [0.5, 0.6) is 5.75 Å². The van der Waals surface area contributed by atoms with Crippen LogP contribution in [-0.2, 0) is 19.1 Å². The number of nitrogens with two attached hydrogens (primary N) is 1. The molecule has 0 radical (unpaired) electrons. The van der Waals surface area contributed by atoms with E-state index in [1.807, 2.05) is 0 Å². The fourth-order valence-corrected chi connectivity index (χ4v) is 4.29. The van der Waals surface area contributed by atoms with E-state index in [1.165, 1.54) is 24.1 Å². The van der Waals surface area contributed by atoms with Crippen LogP contribution in [-0.4, -0.2) is 53.1 Å². The van der Waals surface area contributed by atoms with Gasteiger partial charge in [-0.1, -0.05) is 57.2 Å². The normalized spacial score (nSPS) is 16.7. The maximum atomic E-state index is 13.1. The van der Waals surface area contributed by atoms with Crippen LogP contribution in [0.15, 0.2) is 36.5 Å². The average molecular weight is 489 g/mol. The van der Waals surface area contributed by atoms with Crippen molar-refractivity contribution in [1.82, 2.24) is 4.90 Å². The Hall–Kier alpha value is -2.87. The molecule has 1 aromatic rings. The number of unbranched alkanes of at least 4 members (excludes halogenated alkanes) is 5. The number of carbonyl (C=O) groups excluding carboxylic acids is 3. The Bertz CT molecular complexity index is 856. The van der Waals surface area contributed by atoms with Crippen molar-refractivity contribution in [2.75, 3.05) is 7.11 Å². The number of phenols is 1. The predicted octanol–water partition coefficient (Wildman–Crippen LogP) is 4.45. The minimum absolute atomic E-state index is 0.120. The second-order valence-electron chi connectivity index (χ2n) is 9.04. The van der Waals surface area contributed by atoms with Crippen molar-refractivity contribution < 1.29 is 29.0 Å². The molecule has 8 heteroatoms. The lowest BCUT2D eigenvalue weighted by atomic mass is 10.0. The molecule has 2 rings (SSSR count). The summed E-state index contributed by atoms with van der Waals surface area (Å²) in [5.41, 5.74) is 5.46. The first-order valence-corrected chi connectivity index (χ1v) is 12.7. The summed E-state index contributed by atoms with van der Waals surface area (Å²) in [6.07, 6.45) is 11.9. The monoisotopic (exact) mass is 488 g/mol. The highest BCUT2D eigenvalue weighted by Gasteiger charge is 2.34. The van der Waals surface area contributed by atoms with Crippen LogP contribution in [0.1, 0.15) is 87.9 Å². The molecule has 35 heavy (non-hydrogen) atoms. The molecular weight excluding hydrogens is 448 g/mol. The molecule has 0 saturated carbocycles. The van der Waals surface area contributed by atoms with Gasteiger partial charge in [-0.05, 0) is 50.7 Å². The van der Waals surface area contributed by atoms with Crippen LogP contribution in [0.2, 0.25) is 0 Å². The van der Waals surface area contributed by atoms with Gasteiger partial charge in [-0.25, -0.2) is 4.79 Å². The maximum Gasteiger partial charge on any atom is 0.329 e. The lowest BCUT2D eigenvalue weighted by Gasteiger charge is -2.26. The van der Waals surface area contributed by atoms with Crippen LogP contribution >= 0.6 is 0 Å². The summed E-state index contributed by atoms with van der Waals surface area (Å²) >= 11 is 0. The van der Waals surface area contributed by atoms with Gasteiger partial charge < -0.3 is 25.2 Å². The lowest BCUT2D eigenvalue weighted by molar-refractivity contribution is -0.154. The van der Waals surface area contributed by atoms with Gasteiger partial charge >= 0.3 is 5.97 Å². The van der Waals surface area contributed by atoms with Gasteiger partial charge in [0.05, 0.1) is 5.56 Å². The molecule has 0 fully saturated rings. The number of amides is 2. The highest BCUT2D eigenvalue weighted by atomic mass is 16.5. The first kappa shape index (κ1) is 28.4. The summed E-state index contributed by atoms with van der Waals surface area (Å²) in [5.74, 6) is -1.43. The molecule has 2 amide bonds. The van der Waals surface area contributed by atoms with Gasteiger partial charge in [0.15, 0.2) is 0 Å². The van der Waals surface area contributed by atoms with E-state index in [9.17, 15) is 19.5 Å². The third kappa shape index (κ3) is 9.02.